The topological polar surface area (TPSA) is 41.9 Å². The number of phenols is 1. The van der Waals surface area contributed by atoms with Crippen LogP contribution in [0.4, 0.5) is 0 Å². The molecule has 1 aliphatic carbocycles. The minimum Gasteiger partial charge on any atom is -0.508 e. The van der Waals surface area contributed by atoms with Crippen LogP contribution in [0.25, 0.3) is 0 Å². The van der Waals surface area contributed by atoms with Gasteiger partial charge in [-0.3, -0.25) is 0 Å². The van der Waals surface area contributed by atoms with E-state index in [9.17, 15) is 5.11 Å². The van der Waals surface area contributed by atoms with Crippen LogP contribution in [-0.4, -0.2) is 42.9 Å². The van der Waals surface area contributed by atoms with Crippen molar-refractivity contribution >= 4 is 0 Å². The Balaban J connectivity index is 1.27. The van der Waals surface area contributed by atoms with Crippen molar-refractivity contribution in [1.82, 2.24) is 4.90 Å². The van der Waals surface area contributed by atoms with E-state index in [1.165, 1.54) is 18.7 Å². The largest absolute Gasteiger partial charge is 0.508 e. The van der Waals surface area contributed by atoms with E-state index in [4.69, 9.17) is 9.47 Å². The summed E-state index contributed by atoms with van der Waals surface area (Å²) in [5.41, 5.74) is 1.30. The fourth-order valence-corrected chi connectivity index (χ4v) is 4.73. The van der Waals surface area contributed by atoms with E-state index < -0.39 is 0 Å². The van der Waals surface area contributed by atoms with Crippen LogP contribution in [0, 0.1) is 11.8 Å². The van der Waals surface area contributed by atoms with Crippen molar-refractivity contribution in [3.05, 3.63) is 54.1 Å². The maximum absolute atomic E-state index is 9.46. The molecule has 4 atom stereocenters. The fourth-order valence-electron chi connectivity index (χ4n) is 4.73. The van der Waals surface area contributed by atoms with Crippen molar-refractivity contribution < 1.29 is 14.6 Å². The second-order valence-electron chi connectivity index (χ2n) is 8.12. The highest BCUT2D eigenvalue weighted by Gasteiger charge is 2.41. The van der Waals surface area contributed by atoms with Crippen LogP contribution in [0.2, 0.25) is 0 Å². The summed E-state index contributed by atoms with van der Waals surface area (Å²) in [6.45, 7) is 5.71. The Morgan fingerprint density at radius 1 is 0.963 bits per heavy atom. The number of methoxy groups -OCH3 is 1. The Morgan fingerprint density at radius 3 is 2.15 bits per heavy atom. The maximum atomic E-state index is 9.46. The number of hydrogen-bond acceptors (Lipinski definition) is 4. The van der Waals surface area contributed by atoms with Gasteiger partial charge in [-0.25, -0.2) is 0 Å². The Morgan fingerprint density at radius 2 is 1.56 bits per heavy atom. The van der Waals surface area contributed by atoms with Gasteiger partial charge in [-0.05, 0) is 72.6 Å². The zero-order valence-corrected chi connectivity index (χ0v) is 16.2. The first-order valence-electron chi connectivity index (χ1n) is 9.92. The number of phenolic OH excluding ortho intramolecular Hbond substituents is 1. The third kappa shape index (κ3) is 4.22. The summed E-state index contributed by atoms with van der Waals surface area (Å²) >= 11 is 0. The van der Waals surface area contributed by atoms with E-state index in [0.717, 1.165) is 42.7 Å². The number of hydrogen-bond donors (Lipinski definition) is 1. The number of benzene rings is 2. The summed E-state index contributed by atoms with van der Waals surface area (Å²) in [4.78, 5) is 2.61. The fraction of sp³-hybridized carbons (Fsp3) is 0.478. The van der Waals surface area contributed by atoms with Crippen LogP contribution < -0.4 is 9.47 Å². The standard InChI is InChI=1S/C23H29NO3/c1-16(17-3-5-20(25)6-4-17)13-24-14-18-11-23(12-19(18)15-24)27-22-9-7-21(26-2)8-10-22/h3-10,16,18-19,23,25H,11-15H2,1-2H3/t16?,18-,19+,23-. The lowest BCUT2D eigenvalue weighted by molar-refractivity contribution is 0.184. The van der Waals surface area contributed by atoms with E-state index >= 15 is 0 Å². The Hall–Kier alpha value is -2.20. The Kier molecular flexibility index (Phi) is 5.26. The van der Waals surface area contributed by atoms with Gasteiger partial charge in [-0.1, -0.05) is 19.1 Å². The van der Waals surface area contributed by atoms with Gasteiger partial charge in [0.2, 0.25) is 0 Å². The van der Waals surface area contributed by atoms with E-state index in [1.807, 2.05) is 36.4 Å². The quantitative estimate of drug-likeness (QED) is 0.827. The zero-order chi connectivity index (χ0) is 18.8. The molecule has 27 heavy (non-hydrogen) atoms. The minimum absolute atomic E-state index is 0.338. The van der Waals surface area contributed by atoms with Crippen LogP contribution in [-0.2, 0) is 0 Å². The monoisotopic (exact) mass is 367 g/mol. The molecule has 144 valence electrons. The van der Waals surface area contributed by atoms with Gasteiger partial charge in [-0.2, -0.15) is 0 Å². The molecular weight excluding hydrogens is 338 g/mol. The normalized spacial score (nSPS) is 25.9. The highest BCUT2D eigenvalue weighted by atomic mass is 16.5. The van der Waals surface area contributed by atoms with Gasteiger partial charge in [0.15, 0.2) is 0 Å². The Bertz CT molecular complexity index is 729. The van der Waals surface area contributed by atoms with E-state index in [0.29, 0.717) is 17.8 Å². The van der Waals surface area contributed by atoms with Crippen LogP contribution in [0.15, 0.2) is 48.5 Å². The lowest BCUT2D eigenvalue weighted by Gasteiger charge is -2.23. The highest BCUT2D eigenvalue weighted by molar-refractivity contribution is 5.31. The predicted molar refractivity (Wildman–Crippen MR) is 107 cm³/mol. The van der Waals surface area contributed by atoms with Crippen LogP contribution >= 0.6 is 0 Å². The van der Waals surface area contributed by atoms with Crippen molar-refractivity contribution in [3.63, 3.8) is 0 Å². The van der Waals surface area contributed by atoms with Crippen molar-refractivity contribution in [2.75, 3.05) is 26.7 Å². The molecule has 1 N–H and O–H groups in total. The molecule has 2 fully saturated rings. The van der Waals surface area contributed by atoms with Crippen LogP contribution in [0.1, 0.15) is 31.2 Å². The zero-order valence-electron chi connectivity index (χ0n) is 16.2. The van der Waals surface area contributed by atoms with Gasteiger partial charge in [0.25, 0.3) is 0 Å². The SMILES string of the molecule is COc1ccc(O[C@@H]2C[C@@H]3CN(CC(C)c4ccc(O)cc4)C[C@@H]3C2)cc1. The van der Waals surface area contributed by atoms with Crippen molar-refractivity contribution in [2.45, 2.75) is 31.8 Å². The average Bonchev–Trinajstić information content (AvgIpc) is 3.20. The molecule has 4 heteroatoms. The van der Waals surface area contributed by atoms with Gasteiger partial charge in [0.05, 0.1) is 13.2 Å². The van der Waals surface area contributed by atoms with E-state index in [1.54, 1.807) is 19.2 Å². The number of fused-ring (bicyclic) bond motifs is 1. The average molecular weight is 367 g/mol. The predicted octanol–water partition coefficient (Wildman–Crippen LogP) is 4.29. The molecule has 0 bridgehead atoms. The molecule has 4 rings (SSSR count). The lowest BCUT2D eigenvalue weighted by Crippen LogP contribution is -2.28. The molecule has 1 aliphatic heterocycles. The molecule has 2 aliphatic rings. The molecule has 2 aromatic carbocycles. The smallest absolute Gasteiger partial charge is 0.119 e. The second-order valence-corrected chi connectivity index (χ2v) is 8.12. The molecule has 0 amide bonds. The summed E-state index contributed by atoms with van der Waals surface area (Å²) in [6.07, 6.45) is 2.65. The van der Waals surface area contributed by atoms with Crippen LogP contribution in [0.3, 0.4) is 0 Å². The van der Waals surface area contributed by atoms with Gasteiger partial charge >= 0.3 is 0 Å². The molecule has 0 aromatic heterocycles. The van der Waals surface area contributed by atoms with Gasteiger partial charge in [0.1, 0.15) is 17.2 Å². The molecule has 1 saturated heterocycles. The highest BCUT2D eigenvalue weighted by Crippen LogP contribution is 2.40. The summed E-state index contributed by atoms with van der Waals surface area (Å²) in [6, 6.07) is 15.6. The van der Waals surface area contributed by atoms with E-state index in [-0.39, 0.29) is 0 Å². The molecule has 4 nitrogen and oxygen atoms in total. The van der Waals surface area contributed by atoms with Crippen LogP contribution in [0.5, 0.6) is 17.2 Å². The van der Waals surface area contributed by atoms with Crippen molar-refractivity contribution in [3.8, 4) is 17.2 Å². The molecule has 2 aromatic rings. The number of rotatable bonds is 6. The van der Waals surface area contributed by atoms with Gasteiger partial charge in [0, 0.05) is 19.6 Å². The number of ether oxygens (including phenoxy) is 2. The number of aromatic hydroxyl groups is 1. The Labute approximate surface area is 161 Å². The number of likely N-dealkylation sites (tertiary alicyclic amines) is 1. The molecule has 1 saturated carbocycles. The third-order valence-electron chi connectivity index (χ3n) is 6.14. The molecule has 0 radical (unpaired) electrons. The van der Waals surface area contributed by atoms with Gasteiger partial charge in [-0.15, -0.1) is 0 Å². The second kappa shape index (κ2) is 7.81. The lowest BCUT2D eigenvalue weighted by atomic mass is 10.0. The molecular formula is C23H29NO3. The summed E-state index contributed by atoms with van der Waals surface area (Å²) in [7, 11) is 1.68. The summed E-state index contributed by atoms with van der Waals surface area (Å²) in [5, 5.41) is 9.46. The molecule has 0 spiro atoms. The summed E-state index contributed by atoms with van der Waals surface area (Å²) < 4.78 is 11.4. The first-order chi connectivity index (χ1) is 13.1. The van der Waals surface area contributed by atoms with Crippen molar-refractivity contribution in [2.24, 2.45) is 11.8 Å². The first kappa shape index (κ1) is 18.2. The van der Waals surface area contributed by atoms with Crippen molar-refractivity contribution in [1.29, 1.82) is 0 Å². The van der Waals surface area contributed by atoms with Gasteiger partial charge < -0.3 is 19.5 Å². The maximum Gasteiger partial charge on any atom is 0.119 e. The third-order valence-corrected chi connectivity index (χ3v) is 6.14. The minimum atomic E-state index is 0.338. The first-order valence-corrected chi connectivity index (χ1v) is 9.92. The summed E-state index contributed by atoms with van der Waals surface area (Å²) in [5.74, 6) is 4.13. The number of nitrogens with zero attached hydrogens (tertiary/aromatic N) is 1. The molecule has 1 unspecified atom stereocenters. The van der Waals surface area contributed by atoms with E-state index in [2.05, 4.69) is 11.8 Å². The molecule has 1 heterocycles.